The fourth-order valence-corrected chi connectivity index (χ4v) is 4.53. The van der Waals surface area contributed by atoms with Crippen molar-refractivity contribution in [2.45, 2.75) is 24.9 Å². The van der Waals surface area contributed by atoms with E-state index in [4.69, 9.17) is 0 Å². The van der Waals surface area contributed by atoms with Crippen LogP contribution in [-0.4, -0.2) is 62.4 Å². The second-order valence-electron chi connectivity index (χ2n) is 7.67. The van der Waals surface area contributed by atoms with Crippen LogP contribution in [0, 0.1) is 0 Å². The van der Waals surface area contributed by atoms with E-state index in [1.54, 1.807) is 18.3 Å². The Morgan fingerprint density at radius 1 is 1.07 bits per heavy atom. The third-order valence-electron chi connectivity index (χ3n) is 6.14. The van der Waals surface area contributed by atoms with Crippen LogP contribution in [-0.2, 0) is 11.3 Å². The number of imide groups is 1. The number of hydrogen-bond acceptors (Lipinski definition) is 5. The van der Waals surface area contributed by atoms with E-state index in [2.05, 4.69) is 19.9 Å². The summed E-state index contributed by atoms with van der Waals surface area (Å²) in [6.07, 6.45) is 4.56. The molecule has 0 radical (unpaired) electrons. The molecular formula is C21H22N6O2. The van der Waals surface area contributed by atoms with Gasteiger partial charge < -0.3 is 14.8 Å². The number of amides is 3. The fraction of sp³-hybridized carbons (Fsp3) is 0.333. The van der Waals surface area contributed by atoms with Gasteiger partial charge in [-0.1, -0.05) is 30.3 Å². The maximum atomic E-state index is 13.1. The number of fused-ring (bicyclic) bond motifs is 1. The third kappa shape index (κ3) is 2.66. The number of rotatable bonds is 3. The lowest BCUT2D eigenvalue weighted by Gasteiger charge is -2.42. The summed E-state index contributed by atoms with van der Waals surface area (Å²) in [6.45, 7) is 1.72. The van der Waals surface area contributed by atoms with Crippen LogP contribution in [0.4, 0.5) is 10.6 Å². The number of urea groups is 1. The molecular weight excluding hydrogens is 368 g/mol. The normalized spacial score (nSPS) is 19.0. The highest BCUT2D eigenvalue weighted by molar-refractivity contribution is 6.07. The van der Waals surface area contributed by atoms with Crippen molar-refractivity contribution in [1.29, 1.82) is 0 Å². The molecule has 5 rings (SSSR count). The zero-order valence-electron chi connectivity index (χ0n) is 16.2. The van der Waals surface area contributed by atoms with Gasteiger partial charge in [-0.25, -0.2) is 14.8 Å². The van der Waals surface area contributed by atoms with Gasteiger partial charge in [0.1, 0.15) is 17.4 Å². The minimum atomic E-state index is -0.792. The van der Waals surface area contributed by atoms with Gasteiger partial charge in [-0.3, -0.25) is 9.69 Å². The average molecular weight is 390 g/mol. The Hall–Kier alpha value is -3.42. The van der Waals surface area contributed by atoms with Gasteiger partial charge in [-0.05, 0) is 24.5 Å². The molecule has 1 aromatic carbocycles. The molecule has 8 heteroatoms. The van der Waals surface area contributed by atoms with E-state index < -0.39 is 5.54 Å². The molecule has 4 heterocycles. The van der Waals surface area contributed by atoms with Crippen molar-refractivity contribution in [2.24, 2.45) is 0 Å². The highest BCUT2D eigenvalue weighted by Gasteiger charge is 2.56. The van der Waals surface area contributed by atoms with Crippen molar-refractivity contribution < 1.29 is 9.59 Å². The number of carbonyl (C=O) groups is 2. The lowest BCUT2D eigenvalue weighted by Crippen LogP contribution is -2.56. The highest BCUT2D eigenvalue weighted by atomic mass is 16.2. The summed E-state index contributed by atoms with van der Waals surface area (Å²) in [5.74, 6) is 0.736. The number of hydrogen-bond donors (Lipinski definition) is 1. The van der Waals surface area contributed by atoms with E-state index in [1.807, 2.05) is 42.6 Å². The molecule has 29 heavy (non-hydrogen) atoms. The number of H-pyrrole nitrogens is 1. The standard InChI is InChI=1S/C21H22N6O2/c1-25-19(28)21(27(20(25)29)13-15-5-3-2-4-6-15)8-11-26(12-9-21)18-17-16(7-10-22-17)23-14-24-18/h2-7,10,14,22H,8-9,11-13H2,1H3. The molecule has 148 valence electrons. The Kier molecular flexibility index (Phi) is 4.01. The number of aromatic nitrogens is 3. The maximum Gasteiger partial charge on any atom is 0.327 e. The first-order chi connectivity index (χ1) is 14.1. The summed E-state index contributed by atoms with van der Waals surface area (Å²) in [7, 11) is 1.58. The highest BCUT2D eigenvalue weighted by Crippen LogP contribution is 2.39. The van der Waals surface area contributed by atoms with E-state index in [1.165, 1.54) is 4.90 Å². The van der Waals surface area contributed by atoms with Gasteiger partial charge in [-0.15, -0.1) is 0 Å². The number of aromatic amines is 1. The van der Waals surface area contributed by atoms with Crippen LogP contribution in [0.3, 0.4) is 0 Å². The summed E-state index contributed by atoms with van der Waals surface area (Å²) in [4.78, 5) is 43.1. The summed E-state index contributed by atoms with van der Waals surface area (Å²) < 4.78 is 0. The molecule has 0 aliphatic carbocycles. The van der Waals surface area contributed by atoms with Gasteiger partial charge >= 0.3 is 6.03 Å². The zero-order chi connectivity index (χ0) is 20.0. The SMILES string of the molecule is CN1C(=O)N(Cc2ccccc2)C2(CCN(c3ncnc4cc[nH]c34)CC2)C1=O. The third-order valence-corrected chi connectivity index (χ3v) is 6.14. The summed E-state index contributed by atoms with van der Waals surface area (Å²) in [5, 5.41) is 0. The van der Waals surface area contributed by atoms with Crippen molar-refractivity contribution >= 4 is 28.8 Å². The minimum Gasteiger partial charge on any atom is -0.357 e. The van der Waals surface area contributed by atoms with E-state index in [0.717, 1.165) is 22.4 Å². The van der Waals surface area contributed by atoms with Crippen LogP contribution in [0.25, 0.3) is 11.0 Å². The minimum absolute atomic E-state index is 0.106. The van der Waals surface area contributed by atoms with E-state index in [9.17, 15) is 9.59 Å². The molecule has 3 amide bonds. The molecule has 1 spiro atoms. The van der Waals surface area contributed by atoms with Gasteiger partial charge in [0.2, 0.25) is 0 Å². The number of anilines is 1. The Bertz CT molecular complexity index is 1070. The molecule has 0 saturated carbocycles. The van der Waals surface area contributed by atoms with Gasteiger partial charge in [0.25, 0.3) is 5.91 Å². The Balaban J connectivity index is 1.43. The number of piperidine rings is 1. The smallest absolute Gasteiger partial charge is 0.327 e. The van der Waals surface area contributed by atoms with Crippen molar-refractivity contribution in [3.63, 3.8) is 0 Å². The van der Waals surface area contributed by atoms with Crippen molar-refractivity contribution in [1.82, 2.24) is 24.8 Å². The molecule has 2 aliphatic rings. The van der Waals surface area contributed by atoms with E-state index in [0.29, 0.717) is 32.5 Å². The lowest BCUT2D eigenvalue weighted by atomic mass is 9.85. The number of nitrogens with one attached hydrogen (secondary N) is 1. The zero-order valence-corrected chi connectivity index (χ0v) is 16.2. The van der Waals surface area contributed by atoms with Crippen molar-refractivity contribution in [3.05, 3.63) is 54.5 Å². The van der Waals surface area contributed by atoms with Crippen LogP contribution in [0.5, 0.6) is 0 Å². The molecule has 2 aliphatic heterocycles. The fourth-order valence-electron chi connectivity index (χ4n) is 4.53. The van der Waals surface area contributed by atoms with Crippen molar-refractivity contribution in [2.75, 3.05) is 25.0 Å². The largest absolute Gasteiger partial charge is 0.357 e. The molecule has 2 saturated heterocycles. The number of benzene rings is 1. The van der Waals surface area contributed by atoms with Gasteiger partial charge in [0, 0.05) is 32.9 Å². The van der Waals surface area contributed by atoms with Crippen LogP contribution >= 0.6 is 0 Å². The average Bonchev–Trinajstić information content (AvgIpc) is 3.31. The predicted molar refractivity (Wildman–Crippen MR) is 108 cm³/mol. The summed E-state index contributed by atoms with van der Waals surface area (Å²) >= 11 is 0. The molecule has 0 bridgehead atoms. The van der Waals surface area contributed by atoms with Crippen LogP contribution in [0.2, 0.25) is 0 Å². The monoisotopic (exact) mass is 390 g/mol. The molecule has 8 nitrogen and oxygen atoms in total. The van der Waals surface area contributed by atoms with Crippen molar-refractivity contribution in [3.8, 4) is 0 Å². The van der Waals surface area contributed by atoms with Gasteiger partial charge in [0.05, 0.1) is 5.52 Å². The first kappa shape index (κ1) is 17.7. The molecule has 1 N–H and O–H groups in total. The second-order valence-corrected chi connectivity index (χ2v) is 7.67. The van der Waals surface area contributed by atoms with E-state index >= 15 is 0 Å². The first-order valence-corrected chi connectivity index (χ1v) is 9.77. The Labute approximate surface area is 168 Å². The van der Waals surface area contributed by atoms with Crippen LogP contribution in [0.1, 0.15) is 18.4 Å². The second kappa shape index (κ2) is 6.58. The quantitative estimate of drug-likeness (QED) is 0.694. The van der Waals surface area contributed by atoms with Crippen LogP contribution in [0.15, 0.2) is 48.9 Å². The summed E-state index contributed by atoms with van der Waals surface area (Å²) in [6, 6.07) is 11.5. The number of nitrogens with zero attached hydrogens (tertiary/aromatic N) is 5. The molecule has 3 aromatic rings. The number of likely N-dealkylation sites (N-methyl/N-ethyl adjacent to an activating group) is 1. The van der Waals surface area contributed by atoms with Gasteiger partial charge in [-0.2, -0.15) is 0 Å². The topological polar surface area (TPSA) is 85.4 Å². The summed E-state index contributed by atoms with van der Waals surface area (Å²) in [5.41, 5.74) is 2.00. The first-order valence-electron chi connectivity index (χ1n) is 9.77. The Morgan fingerprint density at radius 2 is 1.83 bits per heavy atom. The molecule has 2 fully saturated rings. The molecule has 0 atom stereocenters. The molecule has 2 aromatic heterocycles. The molecule has 0 unspecified atom stereocenters. The lowest BCUT2D eigenvalue weighted by molar-refractivity contribution is -0.133. The predicted octanol–water partition coefficient (Wildman–Crippen LogP) is 2.39. The number of carbonyl (C=O) groups excluding carboxylic acids is 2. The van der Waals surface area contributed by atoms with Crippen LogP contribution < -0.4 is 4.90 Å². The maximum absolute atomic E-state index is 13.1. The van der Waals surface area contributed by atoms with E-state index in [-0.39, 0.29) is 11.9 Å². The Morgan fingerprint density at radius 3 is 2.59 bits per heavy atom. The van der Waals surface area contributed by atoms with Gasteiger partial charge in [0.15, 0.2) is 5.82 Å².